The molecule has 2 rings (SSSR count). The third-order valence-corrected chi connectivity index (χ3v) is 2.86. The predicted octanol–water partition coefficient (Wildman–Crippen LogP) is 0.372. The van der Waals surface area contributed by atoms with Crippen LogP contribution in [0.25, 0.3) is 0 Å². The Morgan fingerprint density at radius 2 is 2.20 bits per heavy atom. The number of hydrogen-bond donors (Lipinski definition) is 2. The second-order valence-corrected chi connectivity index (χ2v) is 4.34. The maximum atomic E-state index is 4.54. The zero-order chi connectivity index (χ0) is 14.2. The van der Waals surface area contributed by atoms with Gasteiger partial charge in [-0.15, -0.1) is 0 Å². The van der Waals surface area contributed by atoms with Gasteiger partial charge in [0, 0.05) is 38.7 Å². The molecule has 0 aromatic carbocycles. The summed E-state index contributed by atoms with van der Waals surface area (Å²) in [6.45, 7) is 5.07. The van der Waals surface area contributed by atoms with E-state index in [4.69, 9.17) is 0 Å². The average molecular weight is 275 g/mol. The largest absolute Gasteiger partial charge is 0.357 e. The molecule has 0 unspecified atom stereocenters. The Morgan fingerprint density at radius 3 is 2.85 bits per heavy atom. The molecule has 2 aromatic heterocycles. The van der Waals surface area contributed by atoms with Crippen molar-refractivity contribution in [2.75, 3.05) is 13.1 Å². The highest BCUT2D eigenvalue weighted by Gasteiger charge is 2.00. The van der Waals surface area contributed by atoms with Crippen molar-refractivity contribution in [1.82, 2.24) is 30.2 Å². The highest BCUT2D eigenvalue weighted by Crippen LogP contribution is 1.97. The summed E-state index contributed by atoms with van der Waals surface area (Å²) in [4.78, 5) is 4.54. The third-order valence-electron chi connectivity index (χ3n) is 2.86. The molecule has 0 atom stereocenters. The van der Waals surface area contributed by atoms with Crippen molar-refractivity contribution < 1.29 is 0 Å². The van der Waals surface area contributed by atoms with E-state index >= 15 is 0 Å². The van der Waals surface area contributed by atoms with Gasteiger partial charge in [-0.3, -0.25) is 9.36 Å². The molecule has 0 bridgehead atoms. The van der Waals surface area contributed by atoms with Crippen LogP contribution in [0.5, 0.6) is 0 Å². The molecule has 0 aliphatic heterocycles. The van der Waals surface area contributed by atoms with Crippen LogP contribution < -0.4 is 10.6 Å². The second kappa shape index (κ2) is 7.32. The van der Waals surface area contributed by atoms with E-state index < -0.39 is 0 Å². The molecule has 7 heteroatoms. The fraction of sp³-hybridized carbons (Fsp3) is 0.462. The van der Waals surface area contributed by atoms with Crippen molar-refractivity contribution in [3.05, 3.63) is 36.4 Å². The first-order valence-electron chi connectivity index (χ1n) is 6.76. The van der Waals surface area contributed by atoms with Crippen LogP contribution in [-0.2, 0) is 20.1 Å². The summed E-state index contributed by atoms with van der Waals surface area (Å²) in [5.41, 5.74) is 1.08. The first kappa shape index (κ1) is 14.1. The number of rotatable bonds is 6. The van der Waals surface area contributed by atoms with E-state index in [1.807, 2.05) is 34.7 Å². The zero-order valence-electron chi connectivity index (χ0n) is 12.0. The van der Waals surface area contributed by atoms with Gasteiger partial charge >= 0.3 is 0 Å². The Balaban J connectivity index is 1.84. The van der Waals surface area contributed by atoms with Gasteiger partial charge in [0.05, 0.1) is 18.8 Å². The van der Waals surface area contributed by atoms with E-state index in [1.54, 1.807) is 12.4 Å². The first-order chi connectivity index (χ1) is 9.79. The van der Waals surface area contributed by atoms with Crippen LogP contribution in [-0.4, -0.2) is 38.6 Å². The molecule has 2 heterocycles. The monoisotopic (exact) mass is 275 g/mol. The smallest absolute Gasteiger partial charge is 0.191 e. The van der Waals surface area contributed by atoms with Crippen LogP contribution in [0.4, 0.5) is 0 Å². The van der Waals surface area contributed by atoms with E-state index in [2.05, 4.69) is 32.7 Å². The van der Waals surface area contributed by atoms with Gasteiger partial charge in [-0.1, -0.05) is 0 Å². The Kier molecular flexibility index (Phi) is 5.16. The van der Waals surface area contributed by atoms with Gasteiger partial charge in [-0.25, -0.2) is 4.99 Å². The Bertz CT molecular complexity index is 527. The molecule has 2 N–H and O–H groups in total. The maximum Gasteiger partial charge on any atom is 0.191 e. The zero-order valence-corrected chi connectivity index (χ0v) is 12.0. The van der Waals surface area contributed by atoms with E-state index in [1.165, 1.54) is 0 Å². The Morgan fingerprint density at radius 1 is 1.30 bits per heavy atom. The molecular formula is C13H21N7. The summed E-state index contributed by atoms with van der Waals surface area (Å²) in [5, 5.41) is 14.8. The minimum atomic E-state index is 0.605. The standard InChI is InChI=1S/C13H21N7/c1-3-14-13(15-8-10-20-9-4-6-18-20)16-11-12-5-7-17-19(12)2/h4-7,9H,3,8,10-11H2,1-2H3,(H2,14,15,16). The molecule has 0 aliphatic rings. The number of aliphatic imine (C=N–C) groups is 1. The van der Waals surface area contributed by atoms with Crippen LogP contribution in [0.2, 0.25) is 0 Å². The Labute approximate surface area is 118 Å². The molecule has 20 heavy (non-hydrogen) atoms. The van der Waals surface area contributed by atoms with Gasteiger partial charge in [0.1, 0.15) is 0 Å². The molecule has 0 radical (unpaired) electrons. The number of guanidine groups is 1. The number of nitrogens with zero attached hydrogens (tertiary/aromatic N) is 5. The van der Waals surface area contributed by atoms with Crippen LogP contribution >= 0.6 is 0 Å². The van der Waals surface area contributed by atoms with Gasteiger partial charge in [0.2, 0.25) is 0 Å². The van der Waals surface area contributed by atoms with Crippen LogP contribution in [0.15, 0.2) is 35.7 Å². The van der Waals surface area contributed by atoms with Crippen molar-refractivity contribution in [1.29, 1.82) is 0 Å². The van der Waals surface area contributed by atoms with Gasteiger partial charge < -0.3 is 10.6 Å². The normalized spacial score (nSPS) is 11.6. The lowest BCUT2D eigenvalue weighted by Crippen LogP contribution is -2.38. The van der Waals surface area contributed by atoms with Crippen LogP contribution in [0, 0.1) is 0 Å². The van der Waals surface area contributed by atoms with Crippen molar-refractivity contribution >= 4 is 5.96 Å². The number of aromatic nitrogens is 4. The maximum absolute atomic E-state index is 4.54. The molecule has 0 saturated heterocycles. The summed E-state index contributed by atoms with van der Waals surface area (Å²) >= 11 is 0. The summed E-state index contributed by atoms with van der Waals surface area (Å²) < 4.78 is 3.72. The van der Waals surface area contributed by atoms with Crippen LogP contribution in [0.1, 0.15) is 12.6 Å². The summed E-state index contributed by atoms with van der Waals surface area (Å²) in [6, 6.07) is 3.89. The quantitative estimate of drug-likeness (QED) is 0.590. The lowest BCUT2D eigenvalue weighted by Gasteiger charge is -2.11. The fourth-order valence-corrected chi connectivity index (χ4v) is 1.78. The van der Waals surface area contributed by atoms with Crippen molar-refractivity contribution in [2.24, 2.45) is 12.0 Å². The summed E-state index contributed by atoms with van der Waals surface area (Å²) in [7, 11) is 1.92. The number of hydrogen-bond acceptors (Lipinski definition) is 3. The molecule has 0 amide bonds. The van der Waals surface area contributed by atoms with Crippen molar-refractivity contribution in [3.63, 3.8) is 0 Å². The van der Waals surface area contributed by atoms with E-state index in [-0.39, 0.29) is 0 Å². The molecular weight excluding hydrogens is 254 g/mol. The van der Waals surface area contributed by atoms with Crippen molar-refractivity contribution in [3.8, 4) is 0 Å². The fourth-order valence-electron chi connectivity index (χ4n) is 1.78. The molecule has 0 spiro atoms. The number of aryl methyl sites for hydroxylation is 1. The van der Waals surface area contributed by atoms with Gasteiger partial charge in [0.25, 0.3) is 0 Å². The van der Waals surface area contributed by atoms with E-state index in [0.29, 0.717) is 6.54 Å². The summed E-state index contributed by atoms with van der Waals surface area (Å²) in [5.74, 6) is 0.806. The predicted molar refractivity (Wildman–Crippen MR) is 78.3 cm³/mol. The van der Waals surface area contributed by atoms with Gasteiger partial charge in [-0.05, 0) is 19.1 Å². The minimum absolute atomic E-state index is 0.605. The van der Waals surface area contributed by atoms with E-state index in [0.717, 1.165) is 31.3 Å². The molecule has 2 aromatic rings. The highest BCUT2D eigenvalue weighted by molar-refractivity contribution is 5.79. The topological polar surface area (TPSA) is 72.1 Å². The first-order valence-corrected chi connectivity index (χ1v) is 6.76. The lowest BCUT2D eigenvalue weighted by atomic mass is 10.4. The highest BCUT2D eigenvalue weighted by atomic mass is 15.3. The number of nitrogens with one attached hydrogen (secondary N) is 2. The van der Waals surface area contributed by atoms with E-state index in [9.17, 15) is 0 Å². The molecule has 0 fully saturated rings. The minimum Gasteiger partial charge on any atom is -0.357 e. The average Bonchev–Trinajstić information content (AvgIpc) is 3.08. The van der Waals surface area contributed by atoms with Gasteiger partial charge in [0.15, 0.2) is 5.96 Å². The SMILES string of the molecule is CCNC(=NCc1ccnn1C)NCCn1cccn1. The molecule has 0 saturated carbocycles. The molecule has 0 aliphatic carbocycles. The Hall–Kier alpha value is -2.31. The molecule has 7 nitrogen and oxygen atoms in total. The van der Waals surface area contributed by atoms with Gasteiger partial charge in [-0.2, -0.15) is 10.2 Å². The molecule has 108 valence electrons. The van der Waals surface area contributed by atoms with Crippen molar-refractivity contribution in [2.45, 2.75) is 20.0 Å². The van der Waals surface area contributed by atoms with Crippen LogP contribution in [0.3, 0.4) is 0 Å². The third kappa shape index (κ3) is 4.11. The lowest BCUT2D eigenvalue weighted by molar-refractivity contribution is 0.597. The second-order valence-electron chi connectivity index (χ2n) is 4.34. The summed E-state index contributed by atoms with van der Waals surface area (Å²) in [6.07, 6.45) is 5.51.